The summed E-state index contributed by atoms with van der Waals surface area (Å²) >= 11 is 0. The molecule has 0 aliphatic rings. The Morgan fingerprint density at radius 1 is 1.12 bits per heavy atom. The number of nitrogens with one attached hydrogen (secondary N) is 1. The Kier molecular flexibility index (Phi) is 5.33. The number of halogens is 2. The van der Waals surface area contributed by atoms with Gasteiger partial charge in [0.05, 0.1) is 18.8 Å². The van der Waals surface area contributed by atoms with Crippen molar-refractivity contribution < 1.29 is 13.6 Å². The third-order valence-corrected chi connectivity index (χ3v) is 3.81. The number of nitrogens with two attached hydrogens (primary N) is 1. The number of rotatable bonds is 6. The van der Waals surface area contributed by atoms with Gasteiger partial charge in [-0.15, -0.1) is 5.10 Å². The molecule has 1 amide bonds. The fourth-order valence-electron chi connectivity index (χ4n) is 2.46. The highest BCUT2D eigenvalue weighted by molar-refractivity contribution is 5.93. The highest BCUT2D eigenvalue weighted by atomic mass is 19.1. The van der Waals surface area contributed by atoms with Gasteiger partial charge < -0.3 is 11.1 Å². The Labute approximate surface area is 148 Å². The Morgan fingerprint density at radius 3 is 2.50 bits per heavy atom. The summed E-state index contributed by atoms with van der Waals surface area (Å²) < 4.78 is 28.6. The lowest BCUT2D eigenvalue weighted by Crippen LogP contribution is -2.37. The van der Waals surface area contributed by atoms with Crippen molar-refractivity contribution >= 4 is 11.7 Å². The molecule has 8 heteroatoms. The van der Waals surface area contributed by atoms with Gasteiger partial charge in [0.25, 0.3) is 0 Å². The SMILES string of the molecule is NC(Cc1ccccc1)C(=O)Nc1cn(Cc2c(F)cccc2F)nn1. The third-order valence-electron chi connectivity index (χ3n) is 3.81. The van der Waals surface area contributed by atoms with Crippen molar-refractivity contribution in [3.63, 3.8) is 0 Å². The molecular formula is C18H17F2N5O. The van der Waals surface area contributed by atoms with Crippen molar-refractivity contribution in [3.05, 3.63) is 77.5 Å². The van der Waals surface area contributed by atoms with Gasteiger partial charge in [-0.2, -0.15) is 0 Å². The van der Waals surface area contributed by atoms with Gasteiger partial charge in [0, 0.05) is 5.56 Å². The van der Waals surface area contributed by atoms with E-state index in [1.54, 1.807) is 0 Å². The number of hydrogen-bond acceptors (Lipinski definition) is 4. The number of nitrogens with zero attached hydrogens (tertiary/aromatic N) is 3. The molecule has 0 bridgehead atoms. The molecule has 26 heavy (non-hydrogen) atoms. The van der Waals surface area contributed by atoms with Gasteiger partial charge in [-0.3, -0.25) is 4.79 Å². The minimum absolute atomic E-state index is 0.129. The average Bonchev–Trinajstić information content (AvgIpc) is 3.06. The summed E-state index contributed by atoms with van der Waals surface area (Å²) in [6.45, 7) is -0.141. The first-order valence-corrected chi connectivity index (χ1v) is 7.96. The van der Waals surface area contributed by atoms with Crippen LogP contribution < -0.4 is 11.1 Å². The zero-order valence-corrected chi connectivity index (χ0v) is 13.8. The van der Waals surface area contributed by atoms with Gasteiger partial charge in [-0.05, 0) is 24.1 Å². The third kappa shape index (κ3) is 4.28. The van der Waals surface area contributed by atoms with Crippen LogP contribution in [-0.2, 0) is 17.8 Å². The second-order valence-corrected chi connectivity index (χ2v) is 5.79. The van der Waals surface area contributed by atoms with E-state index < -0.39 is 23.6 Å². The van der Waals surface area contributed by atoms with E-state index in [0.29, 0.717) is 6.42 Å². The van der Waals surface area contributed by atoms with Crippen LogP contribution in [0, 0.1) is 11.6 Å². The molecule has 0 spiro atoms. The smallest absolute Gasteiger partial charge is 0.242 e. The van der Waals surface area contributed by atoms with E-state index in [9.17, 15) is 13.6 Å². The lowest BCUT2D eigenvalue weighted by Gasteiger charge is -2.10. The highest BCUT2D eigenvalue weighted by Crippen LogP contribution is 2.14. The van der Waals surface area contributed by atoms with E-state index in [-0.39, 0.29) is 17.9 Å². The van der Waals surface area contributed by atoms with Crippen molar-refractivity contribution in [2.75, 3.05) is 5.32 Å². The van der Waals surface area contributed by atoms with Crippen molar-refractivity contribution in [1.29, 1.82) is 0 Å². The Morgan fingerprint density at radius 2 is 1.81 bits per heavy atom. The minimum Gasteiger partial charge on any atom is -0.320 e. The van der Waals surface area contributed by atoms with Crippen LogP contribution in [-0.4, -0.2) is 26.9 Å². The molecule has 6 nitrogen and oxygen atoms in total. The van der Waals surface area contributed by atoms with Crippen LogP contribution in [0.15, 0.2) is 54.7 Å². The van der Waals surface area contributed by atoms with E-state index in [4.69, 9.17) is 5.73 Å². The zero-order chi connectivity index (χ0) is 18.5. The first kappa shape index (κ1) is 17.7. The van der Waals surface area contributed by atoms with Gasteiger partial charge in [0.2, 0.25) is 5.91 Å². The van der Waals surface area contributed by atoms with Crippen LogP contribution in [0.5, 0.6) is 0 Å². The minimum atomic E-state index is -0.758. The maximum Gasteiger partial charge on any atom is 0.242 e. The summed E-state index contributed by atoms with van der Waals surface area (Å²) in [4.78, 5) is 12.2. The van der Waals surface area contributed by atoms with Gasteiger partial charge in [-0.1, -0.05) is 41.6 Å². The van der Waals surface area contributed by atoms with Crippen molar-refractivity contribution in [3.8, 4) is 0 Å². The predicted molar refractivity (Wildman–Crippen MR) is 92.2 cm³/mol. The Bertz CT molecular complexity index is 877. The van der Waals surface area contributed by atoms with Gasteiger partial charge in [0.1, 0.15) is 11.6 Å². The maximum absolute atomic E-state index is 13.7. The van der Waals surface area contributed by atoms with E-state index in [1.807, 2.05) is 30.3 Å². The lowest BCUT2D eigenvalue weighted by atomic mass is 10.1. The van der Waals surface area contributed by atoms with E-state index in [0.717, 1.165) is 5.56 Å². The van der Waals surface area contributed by atoms with Crippen molar-refractivity contribution in [2.45, 2.75) is 19.0 Å². The fourth-order valence-corrected chi connectivity index (χ4v) is 2.46. The molecule has 0 saturated heterocycles. The molecule has 3 aromatic rings. The molecule has 134 valence electrons. The molecule has 3 N–H and O–H groups in total. The van der Waals surface area contributed by atoms with Crippen LogP contribution in [0.1, 0.15) is 11.1 Å². The number of carbonyl (C=O) groups is 1. The quantitative estimate of drug-likeness (QED) is 0.708. The number of amides is 1. The number of anilines is 1. The van der Waals surface area contributed by atoms with E-state index in [1.165, 1.54) is 29.1 Å². The first-order chi connectivity index (χ1) is 12.5. The molecule has 0 aliphatic heterocycles. The number of benzene rings is 2. The second kappa shape index (κ2) is 7.83. The van der Waals surface area contributed by atoms with Gasteiger partial charge in [-0.25, -0.2) is 13.5 Å². The largest absolute Gasteiger partial charge is 0.320 e. The molecule has 0 fully saturated rings. The summed E-state index contributed by atoms with van der Waals surface area (Å²) in [5.41, 5.74) is 6.71. The first-order valence-electron chi connectivity index (χ1n) is 7.96. The van der Waals surface area contributed by atoms with Gasteiger partial charge >= 0.3 is 0 Å². The topological polar surface area (TPSA) is 85.8 Å². The summed E-state index contributed by atoms with van der Waals surface area (Å²) in [5, 5.41) is 10.1. The van der Waals surface area contributed by atoms with Crippen LogP contribution >= 0.6 is 0 Å². The molecule has 0 radical (unpaired) electrons. The summed E-state index contributed by atoms with van der Waals surface area (Å²) in [6.07, 6.45) is 1.76. The number of hydrogen-bond donors (Lipinski definition) is 2. The predicted octanol–water partition coefficient (Wildman–Crippen LogP) is 2.11. The lowest BCUT2D eigenvalue weighted by molar-refractivity contribution is -0.117. The van der Waals surface area contributed by atoms with E-state index in [2.05, 4.69) is 15.6 Å². The Balaban J connectivity index is 1.62. The molecule has 3 rings (SSSR count). The van der Waals surface area contributed by atoms with Crippen molar-refractivity contribution in [2.24, 2.45) is 5.73 Å². The zero-order valence-electron chi connectivity index (χ0n) is 13.8. The fraction of sp³-hybridized carbons (Fsp3) is 0.167. The molecule has 1 atom stereocenters. The number of carbonyl (C=O) groups excluding carboxylic acids is 1. The molecule has 0 aliphatic carbocycles. The maximum atomic E-state index is 13.7. The van der Waals surface area contributed by atoms with Crippen LogP contribution in [0.2, 0.25) is 0 Å². The highest BCUT2D eigenvalue weighted by Gasteiger charge is 2.16. The Hall–Kier alpha value is -3.13. The molecule has 1 heterocycles. The number of aromatic nitrogens is 3. The molecular weight excluding hydrogens is 340 g/mol. The molecule has 0 saturated carbocycles. The normalized spacial score (nSPS) is 12.0. The van der Waals surface area contributed by atoms with Crippen LogP contribution in [0.25, 0.3) is 0 Å². The van der Waals surface area contributed by atoms with Gasteiger partial charge in [0.15, 0.2) is 5.82 Å². The van der Waals surface area contributed by atoms with Crippen LogP contribution in [0.3, 0.4) is 0 Å². The molecule has 1 aromatic heterocycles. The average molecular weight is 357 g/mol. The van der Waals surface area contributed by atoms with Crippen LogP contribution in [0.4, 0.5) is 14.6 Å². The summed E-state index contributed by atoms with van der Waals surface area (Å²) in [5.74, 6) is -1.60. The standard InChI is InChI=1S/C18H17F2N5O/c19-14-7-4-8-15(20)13(14)10-25-11-17(23-24-25)22-18(26)16(21)9-12-5-2-1-3-6-12/h1-8,11,16H,9-10,21H2,(H,22,26). The molecule has 2 aromatic carbocycles. The summed E-state index contributed by atoms with van der Waals surface area (Å²) in [7, 11) is 0. The second-order valence-electron chi connectivity index (χ2n) is 5.79. The summed E-state index contributed by atoms with van der Waals surface area (Å²) in [6, 6.07) is 12.2. The monoisotopic (exact) mass is 357 g/mol. The van der Waals surface area contributed by atoms with Crippen molar-refractivity contribution in [1.82, 2.24) is 15.0 Å². The van der Waals surface area contributed by atoms with E-state index >= 15 is 0 Å². The molecule has 1 unspecified atom stereocenters.